The van der Waals surface area contributed by atoms with Crippen LogP contribution in [0.3, 0.4) is 0 Å². The zero-order valence-corrected chi connectivity index (χ0v) is 21.5. The first-order valence-corrected chi connectivity index (χ1v) is 12.6. The third kappa shape index (κ3) is 6.33. The van der Waals surface area contributed by atoms with Crippen LogP contribution < -0.4 is 9.64 Å². The Morgan fingerprint density at radius 2 is 1.74 bits per heavy atom. The Labute approximate surface area is 222 Å². The lowest BCUT2D eigenvalue weighted by Gasteiger charge is -2.28. The molecule has 0 spiro atoms. The van der Waals surface area contributed by atoms with Crippen molar-refractivity contribution in [3.63, 3.8) is 0 Å². The molecule has 0 bridgehead atoms. The van der Waals surface area contributed by atoms with Crippen molar-refractivity contribution in [3.8, 4) is 5.75 Å². The summed E-state index contributed by atoms with van der Waals surface area (Å²) >= 11 is 7.29. The molecule has 1 saturated heterocycles. The number of hydrogen-bond donors (Lipinski definition) is 0. The van der Waals surface area contributed by atoms with Gasteiger partial charge in [0, 0.05) is 31.7 Å². The van der Waals surface area contributed by atoms with Gasteiger partial charge >= 0.3 is 12.4 Å². The molecule has 1 aliphatic heterocycles. The molecule has 0 atom stereocenters. The number of amides is 1. The van der Waals surface area contributed by atoms with Crippen molar-refractivity contribution in [1.29, 1.82) is 0 Å². The fourth-order valence-electron chi connectivity index (χ4n) is 4.02. The highest BCUT2D eigenvalue weighted by Gasteiger charge is 2.38. The van der Waals surface area contributed by atoms with Crippen LogP contribution >= 0.6 is 22.9 Å². The largest absolute Gasteiger partial charge is 0.494 e. The number of anilines is 1. The molecule has 1 aliphatic rings. The van der Waals surface area contributed by atoms with E-state index in [-0.39, 0.29) is 17.7 Å². The van der Waals surface area contributed by atoms with Crippen molar-refractivity contribution in [3.05, 3.63) is 52.0 Å². The van der Waals surface area contributed by atoms with E-state index in [1.54, 1.807) is 12.1 Å². The second-order valence-electron chi connectivity index (χ2n) is 8.48. The van der Waals surface area contributed by atoms with Gasteiger partial charge in [-0.25, -0.2) is 4.98 Å². The van der Waals surface area contributed by atoms with Crippen LogP contribution in [0.1, 0.15) is 27.9 Å². The standard InChI is InChI=1S/C24H22ClF6N3O3S/c1-36-18-4-3-17(25)20-19(18)32-22(38-20)34(6-2-5-33-7-9-37-10-8-33)21(35)14-11-15(23(26,27)28)13-16(12-14)24(29,30)31/h3-4,11-13H,2,5-10H2,1H3. The highest BCUT2D eigenvalue weighted by molar-refractivity contribution is 7.23. The summed E-state index contributed by atoms with van der Waals surface area (Å²) < 4.78 is 91.8. The number of halogens is 7. The Balaban J connectivity index is 1.75. The second kappa shape index (κ2) is 11.2. The van der Waals surface area contributed by atoms with Crippen LogP contribution in [0.2, 0.25) is 5.02 Å². The van der Waals surface area contributed by atoms with Crippen LogP contribution in [-0.4, -0.2) is 62.3 Å². The van der Waals surface area contributed by atoms with Gasteiger partial charge in [-0.1, -0.05) is 22.9 Å². The minimum absolute atomic E-state index is 0.00641. The van der Waals surface area contributed by atoms with E-state index in [2.05, 4.69) is 9.88 Å². The first-order chi connectivity index (χ1) is 17.9. The Kier molecular flexibility index (Phi) is 8.40. The van der Waals surface area contributed by atoms with Crippen molar-refractivity contribution in [2.45, 2.75) is 18.8 Å². The number of morpholine rings is 1. The van der Waals surface area contributed by atoms with E-state index in [4.69, 9.17) is 21.1 Å². The predicted molar refractivity (Wildman–Crippen MR) is 131 cm³/mol. The normalized spacial score (nSPS) is 15.2. The quantitative estimate of drug-likeness (QED) is 0.304. The number of fused-ring (bicyclic) bond motifs is 1. The summed E-state index contributed by atoms with van der Waals surface area (Å²) in [5.41, 5.74) is -3.57. The van der Waals surface area contributed by atoms with E-state index in [0.717, 1.165) is 16.2 Å². The van der Waals surface area contributed by atoms with Crippen LogP contribution in [0.15, 0.2) is 30.3 Å². The molecular weight excluding hydrogens is 560 g/mol. The van der Waals surface area contributed by atoms with E-state index in [9.17, 15) is 31.1 Å². The Morgan fingerprint density at radius 1 is 1.11 bits per heavy atom. The van der Waals surface area contributed by atoms with Crippen LogP contribution in [0.4, 0.5) is 31.5 Å². The number of rotatable bonds is 7. The molecule has 0 saturated carbocycles. The number of nitrogens with zero attached hydrogens (tertiary/aromatic N) is 3. The Bertz CT molecular complexity index is 1280. The maximum atomic E-state index is 13.6. The molecule has 38 heavy (non-hydrogen) atoms. The van der Waals surface area contributed by atoms with E-state index >= 15 is 0 Å². The van der Waals surface area contributed by atoms with Crippen LogP contribution in [0.5, 0.6) is 5.75 Å². The van der Waals surface area contributed by atoms with Crippen molar-refractivity contribution in [1.82, 2.24) is 9.88 Å². The number of ether oxygens (including phenoxy) is 2. The van der Waals surface area contributed by atoms with Gasteiger partial charge in [-0.05, 0) is 36.8 Å². The number of methoxy groups -OCH3 is 1. The van der Waals surface area contributed by atoms with E-state index in [0.29, 0.717) is 72.4 Å². The molecule has 1 amide bonds. The Morgan fingerprint density at radius 3 is 2.32 bits per heavy atom. The fraction of sp³-hybridized carbons (Fsp3) is 0.417. The SMILES string of the molecule is COc1ccc(Cl)c2sc(N(CCCN3CCOCC3)C(=O)c3cc(C(F)(F)F)cc(C(F)(F)F)c3)nc12. The summed E-state index contributed by atoms with van der Waals surface area (Å²) in [6, 6.07) is 3.97. The van der Waals surface area contributed by atoms with Crippen LogP contribution in [0, 0.1) is 0 Å². The molecule has 4 rings (SSSR count). The minimum Gasteiger partial charge on any atom is -0.494 e. The average molecular weight is 582 g/mol. The Hall–Kier alpha value is -2.61. The molecule has 206 valence electrons. The van der Waals surface area contributed by atoms with Gasteiger partial charge < -0.3 is 9.47 Å². The summed E-state index contributed by atoms with van der Waals surface area (Å²) in [6.45, 7) is 2.97. The van der Waals surface area contributed by atoms with Gasteiger partial charge in [0.2, 0.25) is 0 Å². The van der Waals surface area contributed by atoms with Crippen LogP contribution in [-0.2, 0) is 17.1 Å². The summed E-state index contributed by atoms with van der Waals surface area (Å²) in [5.74, 6) is -0.691. The van der Waals surface area contributed by atoms with Gasteiger partial charge in [0.15, 0.2) is 5.13 Å². The van der Waals surface area contributed by atoms with Crippen molar-refractivity contribution < 1.29 is 40.6 Å². The highest BCUT2D eigenvalue weighted by atomic mass is 35.5. The van der Waals surface area contributed by atoms with Crippen molar-refractivity contribution in [2.24, 2.45) is 0 Å². The number of thiazole rings is 1. The van der Waals surface area contributed by atoms with Gasteiger partial charge in [-0.2, -0.15) is 26.3 Å². The lowest BCUT2D eigenvalue weighted by Crippen LogP contribution is -2.39. The average Bonchev–Trinajstić information content (AvgIpc) is 3.32. The molecule has 3 aromatic rings. The molecule has 6 nitrogen and oxygen atoms in total. The molecule has 0 N–H and O–H groups in total. The monoisotopic (exact) mass is 581 g/mol. The number of carbonyl (C=O) groups excluding carboxylic acids is 1. The highest BCUT2D eigenvalue weighted by Crippen LogP contribution is 2.40. The van der Waals surface area contributed by atoms with Crippen LogP contribution in [0.25, 0.3) is 10.2 Å². The molecule has 1 aromatic heterocycles. The molecule has 14 heteroatoms. The summed E-state index contributed by atoms with van der Waals surface area (Å²) in [4.78, 5) is 21.2. The predicted octanol–water partition coefficient (Wildman–Crippen LogP) is 6.37. The fourth-order valence-corrected chi connectivity index (χ4v) is 5.30. The third-order valence-electron chi connectivity index (χ3n) is 5.94. The first-order valence-electron chi connectivity index (χ1n) is 11.4. The first kappa shape index (κ1) is 28.4. The maximum absolute atomic E-state index is 13.6. The van der Waals surface area contributed by atoms with Crippen molar-refractivity contribution in [2.75, 3.05) is 51.4 Å². The minimum atomic E-state index is -5.09. The molecule has 2 heterocycles. The second-order valence-corrected chi connectivity index (χ2v) is 9.87. The van der Waals surface area contributed by atoms with Crippen molar-refractivity contribution >= 4 is 44.2 Å². The lowest BCUT2D eigenvalue weighted by atomic mass is 10.0. The van der Waals surface area contributed by atoms with E-state index in [1.165, 1.54) is 7.11 Å². The number of hydrogen-bond acceptors (Lipinski definition) is 6. The molecule has 2 aromatic carbocycles. The molecule has 1 fully saturated rings. The molecular formula is C24H22ClF6N3O3S. The molecule has 0 unspecified atom stereocenters. The number of carbonyl (C=O) groups is 1. The molecule has 0 aliphatic carbocycles. The zero-order valence-electron chi connectivity index (χ0n) is 20.0. The lowest BCUT2D eigenvalue weighted by molar-refractivity contribution is -0.143. The smallest absolute Gasteiger partial charge is 0.416 e. The third-order valence-corrected chi connectivity index (χ3v) is 7.48. The van der Waals surface area contributed by atoms with Gasteiger partial charge in [0.1, 0.15) is 11.3 Å². The van der Waals surface area contributed by atoms with E-state index < -0.39 is 35.0 Å². The summed E-state index contributed by atoms with van der Waals surface area (Å²) in [7, 11) is 1.41. The summed E-state index contributed by atoms with van der Waals surface area (Å²) in [6.07, 6.45) is -9.79. The maximum Gasteiger partial charge on any atom is 0.416 e. The summed E-state index contributed by atoms with van der Waals surface area (Å²) in [5, 5.41) is 0.382. The van der Waals surface area contributed by atoms with Gasteiger partial charge in [0.25, 0.3) is 5.91 Å². The number of aromatic nitrogens is 1. The molecule has 0 radical (unpaired) electrons. The van der Waals surface area contributed by atoms with Gasteiger partial charge in [-0.3, -0.25) is 14.6 Å². The zero-order chi connectivity index (χ0) is 27.7. The van der Waals surface area contributed by atoms with Gasteiger partial charge in [-0.15, -0.1) is 0 Å². The van der Waals surface area contributed by atoms with Gasteiger partial charge in [0.05, 0.1) is 41.2 Å². The van der Waals surface area contributed by atoms with E-state index in [1.807, 2.05) is 0 Å². The number of benzene rings is 2. The number of alkyl halides is 6. The topological polar surface area (TPSA) is 54.9 Å².